The lowest BCUT2D eigenvalue weighted by Gasteiger charge is -2.07. The van der Waals surface area contributed by atoms with Crippen LogP contribution in [0.3, 0.4) is 0 Å². The van der Waals surface area contributed by atoms with Gasteiger partial charge in [-0.15, -0.1) is 11.3 Å². The summed E-state index contributed by atoms with van der Waals surface area (Å²) in [5, 5.41) is 21.4. The monoisotopic (exact) mass is 227 g/mol. The van der Waals surface area contributed by atoms with Crippen molar-refractivity contribution in [1.82, 2.24) is 0 Å². The summed E-state index contributed by atoms with van der Waals surface area (Å²) in [7, 11) is -1.57. The van der Waals surface area contributed by atoms with Crippen molar-refractivity contribution in [3.05, 3.63) is 22.5 Å². The average Bonchev–Trinajstić information content (AvgIpc) is 2.51. The number of thiophene rings is 1. The van der Waals surface area contributed by atoms with Gasteiger partial charge >= 0.3 is 7.12 Å². The number of hydrogen-bond donors (Lipinski definition) is 3. The van der Waals surface area contributed by atoms with E-state index >= 15 is 0 Å². The molecule has 4 N–H and O–H groups in total. The van der Waals surface area contributed by atoms with E-state index in [2.05, 4.69) is 0 Å². The SMILES string of the molecule is Nc1cc(Cl)c2sccc2c1B(O)O. The van der Waals surface area contributed by atoms with Crippen molar-refractivity contribution in [2.75, 3.05) is 5.73 Å². The zero-order valence-electron chi connectivity index (χ0n) is 7.07. The first-order chi connectivity index (χ1) is 6.61. The summed E-state index contributed by atoms with van der Waals surface area (Å²) < 4.78 is 0.823. The van der Waals surface area contributed by atoms with Crippen molar-refractivity contribution in [3.8, 4) is 0 Å². The molecule has 6 heteroatoms. The third-order valence-corrected chi connectivity index (χ3v) is 3.38. The highest BCUT2D eigenvalue weighted by atomic mass is 35.5. The van der Waals surface area contributed by atoms with Gasteiger partial charge < -0.3 is 15.8 Å². The molecule has 0 fully saturated rings. The van der Waals surface area contributed by atoms with Crippen LogP contribution in [0.25, 0.3) is 10.1 Å². The van der Waals surface area contributed by atoms with Gasteiger partial charge in [0.05, 0.1) is 9.72 Å². The fourth-order valence-corrected chi connectivity index (χ4v) is 2.60. The molecule has 0 aliphatic rings. The average molecular weight is 227 g/mol. The molecule has 0 radical (unpaired) electrons. The molecule has 1 aromatic heterocycles. The number of hydrogen-bond acceptors (Lipinski definition) is 4. The molecule has 0 aliphatic heterocycles. The Bertz CT molecular complexity index is 485. The number of halogens is 1. The number of nitrogens with two attached hydrogens (primary N) is 1. The minimum atomic E-state index is -1.57. The van der Waals surface area contributed by atoms with Crippen LogP contribution >= 0.6 is 22.9 Å². The number of anilines is 1. The highest BCUT2D eigenvalue weighted by Crippen LogP contribution is 2.29. The number of rotatable bonds is 1. The second kappa shape index (κ2) is 3.44. The smallest absolute Gasteiger partial charge is 0.423 e. The maximum atomic E-state index is 9.15. The van der Waals surface area contributed by atoms with Crippen molar-refractivity contribution >= 4 is 51.3 Å². The molecule has 0 atom stereocenters. The molecule has 14 heavy (non-hydrogen) atoms. The van der Waals surface area contributed by atoms with Gasteiger partial charge in [0.15, 0.2) is 0 Å². The van der Waals surface area contributed by atoms with E-state index in [0.717, 1.165) is 4.70 Å². The van der Waals surface area contributed by atoms with Gasteiger partial charge in [0.1, 0.15) is 0 Å². The molecule has 0 bridgehead atoms. The standard InChI is InChI=1S/C8H7BClNO2S/c10-5-3-6(11)7(9(12)13)4-1-2-14-8(4)5/h1-3,12-13H,11H2. The number of nitrogen functional groups attached to an aromatic ring is 1. The second-order valence-electron chi connectivity index (χ2n) is 2.90. The molecule has 72 valence electrons. The fourth-order valence-electron chi connectivity index (χ4n) is 1.43. The summed E-state index contributed by atoms with van der Waals surface area (Å²) in [4.78, 5) is 0. The van der Waals surface area contributed by atoms with Gasteiger partial charge in [-0.3, -0.25) is 0 Å². The van der Waals surface area contributed by atoms with Gasteiger partial charge in [-0.2, -0.15) is 0 Å². The van der Waals surface area contributed by atoms with E-state index in [-0.39, 0.29) is 0 Å². The number of benzene rings is 1. The summed E-state index contributed by atoms with van der Waals surface area (Å²) >= 11 is 7.39. The highest BCUT2D eigenvalue weighted by Gasteiger charge is 2.20. The molecule has 0 saturated carbocycles. The molecule has 1 aromatic carbocycles. The van der Waals surface area contributed by atoms with Crippen LogP contribution in [-0.4, -0.2) is 17.2 Å². The lowest BCUT2D eigenvalue weighted by molar-refractivity contribution is 0.426. The van der Waals surface area contributed by atoms with E-state index in [0.29, 0.717) is 21.6 Å². The molecule has 3 nitrogen and oxygen atoms in total. The van der Waals surface area contributed by atoms with E-state index in [9.17, 15) is 0 Å². The van der Waals surface area contributed by atoms with Crippen LogP contribution in [0.4, 0.5) is 5.69 Å². The summed E-state index contributed by atoms with van der Waals surface area (Å²) in [5.41, 5.74) is 6.27. The Morgan fingerprint density at radius 1 is 1.43 bits per heavy atom. The van der Waals surface area contributed by atoms with Gasteiger partial charge in [-0.25, -0.2) is 0 Å². The van der Waals surface area contributed by atoms with Gasteiger partial charge in [0.2, 0.25) is 0 Å². The van der Waals surface area contributed by atoms with E-state index in [1.165, 1.54) is 17.4 Å². The summed E-state index contributed by atoms with van der Waals surface area (Å²) in [6.07, 6.45) is 0. The first-order valence-corrected chi connectivity index (χ1v) is 5.18. The Morgan fingerprint density at radius 2 is 2.14 bits per heavy atom. The minimum absolute atomic E-state index is 0.302. The molecule has 2 rings (SSSR count). The lowest BCUT2D eigenvalue weighted by Crippen LogP contribution is -2.32. The first kappa shape index (κ1) is 9.80. The van der Waals surface area contributed by atoms with Crippen LogP contribution in [-0.2, 0) is 0 Å². The molecule has 0 aliphatic carbocycles. The van der Waals surface area contributed by atoms with Gasteiger partial charge in [-0.05, 0) is 22.9 Å². The Hall–Kier alpha value is -0.745. The molecule has 0 saturated heterocycles. The molecular formula is C8H7BClNO2S. The van der Waals surface area contributed by atoms with Gasteiger partial charge in [-0.1, -0.05) is 11.6 Å². The van der Waals surface area contributed by atoms with Crippen LogP contribution in [0, 0.1) is 0 Å². The Morgan fingerprint density at radius 3 is 2.79 bits per heavy atom. The zero-order valence-corrected chi connectivity index (χ0v) is 8.64. The molecule has 0 amide bonds. The first-order valence-electron chi connectivity index (χ1n) is 3.92. The largest absolute Gasteiger partial charge is 0.491 e. The third kappa shape index (κ3) is 1.38. The van der Waals surface area contributed by atoms with Crippen LogP contribution < -0.4 is 11.2 Å². The van der Waals surface area contributed by atoms with Crippen LogP contribution in [0.15, 0.2) is 17.5 Å². The van der Waals surface area contributed by atoms with Crippen LogP contribution in [0.2, 0.25) is 5.02 Å². The van der Waals surface area contributed by atoms with E-state index in [4.69, 9.17) is 27.4 Å². The highest BCUT2D eigenvalue weighted by molar-refractivity contribution is 7.18. The fraction of sp³-hybridized carbons (Fsp3) is 0. The number of fused-ring (bicyclic) bond motifs is 1. The predicted octanol–water partition coefficient (Wildman–Crippen LogP) is 0.817. The maximum absolute atomic E-state index is 9.15. The Balaban J connectivity index is 2.86. The molecule has 0 spiro atoms. The summed E-state index contributed by atoms with van der Waals surface area (Å²) in [6, 6.07) is 3.31. The summed E-state index contributed by atoms with van der Waals surface area (Å²) in [6.45, 7) is 0. The van der Waals surface area contributed by atoms with Gasteiger partial charge in [0.25, 0.3) is 0 Å². The van der Waals surface area contributed by atoms with E-state index in [1.54, 1.807) is 6.07 Å². The zero-order chi connectivity index (χ0) is 10.3. The maximum Gasteiger partial charge on any atom is 0.491 e. The molecule has 0 unspecified atom stereocenters. The van der Waals surface area contributed by atoms with Crippen LogP contribution in [0.1, 0.15) is 0 Å². The normalized spacial score (nSPS) is 10.8. The Kier molecular flexibility index (Phi) is 2.40. The van der Waals surface area contributed by atoms with Crippen molar-refractivity contribution in [1.29, 1.82) is 0 Å². The second-order valence-corrected chi connectivity index (χ2v) is 4.22. The van der Waals surface area contributed by atoms with Crippen molar-refractivity contribution in [3.63, 3.8) is 0 Å². The quantitative estimate of drug-likeness (QED) is 0.499. The Labute approximate surface area is 89.9 Å². The van der Waals surface area contributed by atoms with E-state index < -0.39 is 7.12 Å². The summed E-state index contributed by atoms with van der Waals surface area (Å²) in [5.74, 6) is 0. The van der Waals surface area contributed by atoms with E-state index in [1.807, 2.05) is 5.38 Å². The van der Waals surface area contributed by atoms with Crippen molar-refractivity contribution in [2.45, 2.75) is 0 Å². The third-order valence-electron chi connectivity index (χ3n) is 2.02. The molecule has 2 aromatic rings. The molecular weight excluding hydrogens is 220 g/mol. The minimum Gasteiger partial charge on any atom is -0.423 e. The van der Waals surface area contributed by atoms with Crippen molar-refractivity contribution in [2.24, 2.45) is 0 Å². The molecule has 1 heterocycles. The van der Waals surface area contributed by atoms with Crippen molar-refractivity contribution < 1.29 is 10.0 Å². The van der Waals surface area contributed by atoms with Gasteiger partial charge in [0, 0.05) is 11.2 Å². The lowest BCUT2D eigenvalue weighted by atomic mass is 9.77. The van der Waals surface area contributed by atoms with Crippen LogP contribution in [0.5, 0.6) is 0 Å². The predicted molar refractivity (Wildman–Crippen MR) is 61.1 cm³/mol. The topological polar surface area (TPSA) is 66.5 Å².